The average Bonchev–Trinajstić information content (AvgIpc) is 2.42. The van der Waals surface area contributed by atoms with Crippen molar-refractivity contribution in [3.05, 3.63) is 23.8 Å². The molecule has 1 aromatic carbocycles. The lowest BCUT2D eigenvalue weighted by Gasteiger charge is -2.20. The molecular weight excluding hydrogens is 270 g/mol. The minimum absolute atomic E-state index is 0.0238. The van der Waals surface area contributed by atoms with E-state index in [-0.39, 0.29) is 24.0 Å². The molecule has 21 heavy (non-hydrogen) atoms. The molecule has 0 saturated carbocycles. The van der Waals surface area contributed by atoms with Crippen molar-refractivity contribution in [2.45, 2.75) is 27.3 Å². The van der Waals surface area contributed by atoms with Crippen LogP contribution >= 0.6 is 0 Å². The Morgan fingerprint density at radius 2 is 2.10 bits per heavy atom. The summed E-state index contributed by atoms with van der Waals surface area (Å²) >= 11 is 0. The summed E-state index contributed by atoms with van der Waals surface area (Å²) in [5.74, 6) is 0.471. The first-order valence-electron chi connectivity index (χ1n) is 6.91. The highest BCUT2D eigenvalue weighted by molar-refractivity contribution is 5.95. The molecule has 0 bridgehead atoms. The molecule has 2 rings (SSSR count). The summed E-state index contributed by atoms with van der Waals surface area (Å²) in [5, 5.41) is 8.34. The third-order valence-corrected chi connectivity index (χ3v) is 2.91. The molecule has 0 fully saturated rings. The number of urea groups is 1. The zero-order valence-electron chi connectivity index (χ0n) is 12.6. The smallest absolute Gasteiger partial charge is 0.315 e. The van der Waals surface area contributed by atoms with Gasteiger partial charge in [-0.25, -0.2) is 4.79 Å². The van der Waals surface area contributed by atoms with E-state index < -0.39 is 0 Å². The molecule has 6 heteroatoms. The molecule has 3 N–H and O–H groups in total. The van der Waals surface area contributed by atoms with Crippen molar-refractivity contribution in [3.63, 3.8) is 0 Å². The van der Waals surface area contributed by atoms with Crippen molar-refractivity contribution in [1.29, 1.82) is 0 Å². The molecule has 0 aromatic heterocycles. The predicted molar refractivity (Wildman–Crippen MR) is 80.3 cm³/mol. The Kier molecular flexibility index (Phi) is 4.35. The van der Waals surface area contributed by atoms with Crippen molar-refractivity contribution < 1.29 is 14.3 Å². The molecule has 0 saturated heterocycles. The fourth-order valence-electron chi connectivity index (χ4n) is 1.82. The first-order valence-corrected chi connectivity index (χ1v) is 6.91. The van der Waals surface area contributed by atoms with Gasteiger partial charge in [-0.1, -0.05) is 26.8 Å². The maximum absolute atomic E-state index is 11.7. The van der Waals surface area contributed by atoms with Gasteiger partial charge in [-0.15, -0.1) is 0 Å². The normalized spacial score (nSPS) is 13.8. The van der Waals surface area contributed by atoms with Gasteiger partial charge in [0.1, 0.15) is 5.75 Å². The lowest BCUT2D eigenvalue weighted by atomic mass is 9.97. The van der Waals surface area contributed by atoms with Gasteiger partial charge in [0.2, 0.25) is 0 Å². The Balaban J connectivity index is 1.86. The third kappa shape index (κ3) is 4.66. The van der Waals surface area contributed by atoms with Crippen LogP contribution in [0.3, 0.4) is 0 Å². The van der Waals surface area contributed by atoms with Gasteiger partial charge in [-0.05, 0) is 23.1 Å². The summed E-state index contributed by atoms with van der Waals surface area (Å²) < 4.78 is 5.34. The summed E-state index contributed by atoms with van der Waals surface area (Å²) in [6.07, 6.45) is 0. The highest BCUT2D eigenvalue weighted by atomic mass is 16.5. The van der Waals surface area contributed by atoms with Gasteiger partial charge in [-0.2, -0.15) is 0 Å². The van der Waals surface area contributed by atoms with Crippen LogP contribution in [-0.4, -0.2) is 25.1 Å². The third-order valence-electron chi connectivity index (χ3n) is 2.91. The Hall–Kier alpha value is -2.24. The van der Waals surface area contributed by atoms with E-state index in [0.29, 0.717) is 24.5 Å². The maximum atomic E-state index is 11.7. The van der Waals surface area contributed by atoms with E-state index in [1.165, 1.54) is 0 Å². The first kappa shape index (κ1) is 15.2. The average molecular weight is 291 g/mol. The second-order valence-electron chi connectivity index (χ2n) is 6.26. The number of fused-ring (bicyclic) bond motifs is 1. The number of carbonyl (C=O) groups is 2. The Morgan fingerprint density at radius 3 is 2.81 bits per heavy atom. The molecule has 0 unspecified atom stereocenters. The first-order chi connectivity index (χ1) is 9.83. The van der Waals surface area contributed by atoms with E-state index in [1.54, 1.807) is 6.07 Å². The van der Waals surface area contributed by atoms with E-state index >= 15 is 0 Å². The maximum Gasteiger partial charge on any atom is 0.315 e. The van der Waals surface area contributed by atoms with E-state index in [9.17, 15) is 9.59 Å². The Morgan fingerprint density at radius 1 is 1.33 bits per heavy atom. The highest BCUT2D eigenvalue weighted by Crippen LogP contribution is 2.28. The van der Waals surface area contributed by atoms with Gasteiger partial charge < -0.3 is 20.7 Å². The zero-order chi connectivity index (χ0) is 15.5. The minimum Gasteiger partial charge on any atom is -0.482 e. The molecule has 1 heterocycles. The SMILES string of the molecule is CC(C)(C)CNC(=O)NCc1ccc2c(c1)OCC(=O)N2. The van der Waals surface area contributed by atoms with E-state index in [0.717, 1.165) is 5.56 Å². The van der Waals surface area contributed by atoms with Crippen LogP contribution in [0.25, 0.3) is 0 Å². The number of hydrogen-bond acceptors (Lipinski definition) is 3. The highest BCUT2D eigenvalue weighted by Gasteiger charge is 2.16. The summed E-state index contributed by atoms with van der Waals surface area (Å²) in [7, 11) is 0. The van der Waals surface area contributed by atoms with Gasteiger partial charge in [0.05, 0.1) is 5.69 Å². The fraction of sp³-hybridized carbons (Fsp3) is 0.467. The molecule has 1 aliphatic rings. The Labute approximate surface area is 124 Å². The van der Waals surface area contributed by atoms with Gasteiger partial charge in [0.25, 0.3) is 5.91 Å². The van der Waals surface area contributed by atoms with E-state index in [4.69, 9.17) is 4.74 Å². The molecule has 6 nitrogen and oxygen atoms in total. The topological polar surface area (TPSA) is 79.5 Å². The van der Waals surface area contributed by atoms with Crippen LogP contribution in [0.4, 0.5) is 10.5 Å². The fourth-order valence-corrected chi connectivity index (χ4v) is 1.82. The lowest BCUT2D eigenvalue weighted by molar-refractivity contribution is -0.118. The molecule has 0 spiro atoms. The number of nitrogens with one attached hydrogen (secondary N) is 3. The molecule has 0 atom stereocenters. The van der Waals surface area contributed by atoms with Crippen molar-refractivity contribution in [2.24, 2.45) is 5.41 Å². The van der Waals surface area contributed by atoms with Crippen molar-refractivity contribution in [2.75, 3.05) is 18.5 Å². The molecule has 1 aliphatic heterocycles. The summed E-state index contributed by atoms with van der Waals surface area (Å²) in [6, 6.07) is 5.24. The van der Waals surface area contributed by atoms with Crippen LogP contribution in [0.2, 0.25) is 0 Å². The predicted octanol–water partition coefficient (Wildman–Crippen LogP) is 1.86. The summed E-state index contributed by atoms with van der Waals surface area (Å²) in [5.41, 5.74) is 1.62. The van der Waals surface area contributed by atoms with Gasteiger partial charge in [-0.3, -0.25) is 4.79 Å². The Bertz CT molecular complexity index is 550. The van der Waals surface area contributed by atoms with Crippen LogP contribution in [0.15, 0.2) is 18.2 Å². The number of ether oxygens (including phenoxy) is 1. The van der Waals surface area contributed by atoms with E-state index in [1.807, 2.05) is 12.1 Å². The molecule has 0 aliphatic carbocycles. The minimum atomic E-state index is -0.197. The van der Waals surface area contributed by atoms with E-state index in [2.05, 4.69) is 36.7 Å². The summed E-state index contributed by atoms with van der Waals surface area (Å²) in [6.45, 7) is 7.21. The van der Waals surface area contributed by atoms with Crippen LogP contribution in [-0.2, 0) is 11.3 Å². The van der Waals surface area contributed by atoms with Crippen molar-refractivity contribution in [3.8, 4) is 5.75 Å². The van der Waals surface area contributed by atoms with Crippen LogP contribution in [0, 0.1) is 5.41 Å². The molecule has 3 amide bonds. The molecule has 114 valence electrons. The van der Waals surface area contributed by atoms with Crippen LogP contribution in [0.1, 0.15) is 26.3 Å². The van der Waals surface area contributed by atoms with Crippen molar-refractivity contribution in [1.82, 2.24) is 10.6 Å². The standard InChI is InChI=1S/C15H21N3O3/c1-15(2,3)9-17-14(20)16-7-10-4-5-11-12(6-10)21-8-13(19)18-11/h4-6H,7-9H2,1-3H3,(H,18,19)(H2,16,17,20). The molecular formula is C15H21N3O3. The second-order valence-corrected chi connectivity index (χ2v) is 6.26. The largest absolute Gasteiger partial charge is 0.482 e. The van der Waals surface area contributed by atoms with Gasteiger partial charge >= 0.3 is 6.03 Å². The lowest BCUT2D eigenvalue weighted by Crippen LogP contribution is -2.39. The number of benzene rings is 1. The number of amides is 3. The number of hydrogen-bond donors (Lipinski definition) is 3. The van der Waals surface area contributed by atoms with Gasteiger partial charge in [0.15, 0.2) is 6.61 Å². The zero-order valence-corrected chi connectivity index (χ0v) is 12.6. The quantitative estimate of drug-likeness (QED) is 0.795. The summed E-state index contributed by atoms with van der Waals surface area (Å²) in [4.78, 5) is 22.9. The monoisotopic (exact) mass is 291 g/mol. The number of carbonyl (C=O) groups excluding carboxylic acids is 2. The van der Waals surface area contributed by atoms with Crippen molar-refractivity contribution >= 4 is 17.6 Å². The second kappa shape index (κ2) is 6.03. The molecule has 1 aromatic rings. The number of anilines is 1. The van der Waals surface area contributed by atoms with Crippen LogP contribution in [0.5, 0.6) is 5.75 Å². The molecule has 0 radical (unpaired) electrons. The number of rotatable bonds is 3. The van der Waals surface area contributed by atoms with Gasteiger partial charge in [0, 0.05) is 13.1 Å². The van der Waals surface area contributed by atoms with Crippen LogP contribution < -0.4 is 20.7 Å².